The van der Waals surface area contributed by atoms with Gasteiger partial charge in [-0.2, -0.15) is 0 Å². The van der Waals surface area contributed by atoms with Crippen LogP contribution in [0.3, 0.4) is 0 Å². The van der Waals surface area contributed by atoms with Gasteiger partial charge in [0, 0.05) is 28.4 Å². The summed E-state index contributed by atoms with van der Waals surface area (Å²) in [6.07, 6.45) is 3.13. The van der Waals surface area contributed by atoms with Crippen molar-refractivity contribution in [2.75, 3.05) is 19.5 Å². The minimum Gasteiger partial charge on any atom is -0.497 e. The van der Waals surface area contributed by atoms with Crippen LogP contribution in [0.5, 0.6) is 11.5 Å². The number of benzene rings is 2. The fraction of sp³-hybridized carbons (Fsp3) is 0.118. The van der Waals surface area contributed by atoms with Crippen LogP contribution in [0, 0.1) is 0 Å². The largest absolute Gasteiger partial charge is 0.497 e. The summed E-state index contributed by atoms with van der Waals surface area (Å²) in [5.41, 5.74) is 1.47. The quantitative estimate of drug-likeness (QED) is 0.848. The van der Waals surface area contributed by atoms with Crippen molar-refractivity contribution in [2.24, 2.45) is 0 Å². The van der Waals surface area contributed by atoms with Gasteiger partial charge in [0.2, 0.25) is 5.91 Å². The van der Waals surface area contributed by atoms with Crippen LogP contribution >= 0.6 is 11.6 Å². The highest BCUT2D eigenvalue weighted by Gasteiger charge is 2.03. The number of rotatable bonds is 5. The zero-order chi connectivity index (χ0) is 15.9. The molecular formula is C17H16ClNO3. The highest BCUT2D eigenvalue weighted by molar-refractivity contribution is 6.30. The molecule has 0 aliphatic rings. The Morgan fingerprint density at radius 1 is 1.09 bits per heavy atom. The van der Waals surface area contributed by atoms with Gasteiger partial charge in [-0.15, -0.1) is 0 Å². The number of carbonyl (C=O) groups excluding carboxylic acids is 1. The Labute approximate surface area is 134 Å². The second kappa shape index (κ2) is 7.52. The van der Waals surface area contributed by atoms with Crippen LogP contribution in [0.1, 0.15) is 5.56 Å². The first-order valence-electron chi connectivity index (χ1n) is 6.59. The standard InChI is InChI=1S/C17H16ClNO3/c1-21-15-9-3-12(16(11-15)22-2)4-10-17(20)19-14-7-5-13(18)6-8-14/h3-11H,1-2H3,(H,19,20). The number of methoxy groups -OCH3 is 2. The predicted octanol–water partition coefficient (Wildman–Crippen LogP) is 4.01. The van der Waals surface area contributed by atoms with Gasteiger partial charge in [0.05, 0.1) is 14.2 Å². The van der Waals surface area contributed by atoms with E-state index >= 15 is 0 Å². The molecule has 0 bridgehead atoms. The predicted molar refractivity (Wildman–Crippen MR) is 88.7 cm³/mol. The molecular weight excluding hydrogens is 302 g/mol. The van der Waals surface area contributed by atoms with Gasteiger partial charge in [0.15, 0.2) is 0 Å². The fourth-order valence-electron chi connectivity index (χ4n) is 1.84. The van der Waals surface area contributed by atoms with Crippen molar-refractivity contribution in [3.8, 4) is 11.5 Å². The number of halogens is 1. The molecule has 114 valence electrons. The van der Waals surface area contributed by atoms with Crippen LogP contribution in [0.15, 0.2) is 48.5 Å². The lowest BCUT2D eigenvalue weighted by atomic mass is 10.1. The van der Waals surface area contributed by atoms with E-state index in [1.165, 1.54) is 6.08 Å². The molecule has 0 aromatic heterocycles. The monoisotopic (exact) mass is 317 g/mol. The highest BCUT2D eigenvalue weighted by Crippen LogP contribution is 2.25. The maximum Gasteiger partial charge on any atom is 0.248 e. The normalized spacial score (nSPS) is 10.5. The molecule has 0 atom stereocenters. The summed E-state index contributed by atoms with van der Waals surface area (Å²) in [7, 11) is 3.16. The summed E-state index contributed by atoms with van der Waals surface area (Å²) >= 11 is 5.80. The number of carbonyl (C=O) groups is 1. The second-order valence-electron chi connectivity index (χ2n) is 4.44. The topological polar surface area (TPSA) is 47.6 Å². The van der Waals surface area contributed by atoms with E-state index in [-0.39, 0.29) is 5.91 Å². The third-order valence-corrected chi connectivity index (χ3v) is 3.22. The second-order valence-corrected chi connectivity index (χ2v) is 4.87. The van der Waals surface area contributed by atoms with E-state index in [0.29, 0.717) is 22.2 Å². The molecule has 1 N–H and O–H groups in total. The Bertz CT molecular complexity index is 681. The van der Waals surface area contributed by atoms with Crippen LogP contribution < -0.4 is 14.8 Å². The zero-order valence-corrected chi connectivity index (χ0v) is 13.1. The summed E-state index contributed by atoms with van der Waals surface area (Å²) in [5, 5.41) is 3.37. The number of hydrogen-bond donors (Lipinski definition) is 1. The lowest BCUT2D eigenvalue weighted by Crippen LogP contribution is -2.07. The summed E-state index contributed by atoms with van der Waals surface area (Å²) in [6.45, 7) is 0. The van der Waals surface area contributed by atoms with Crippen molar-refractivity contribution in [3.63, 3.8) is 0 Å². The third-order valence-electron chi connectivity index (χ3n) is 2.97. The molecule has 0 spiro atoms. The van der Waals surface area contributed by atoms with Gasteiger partial charge >= 0.3 is 0 Å². The van der Waals surface area contributed by atoms with Crippen molar-refractivity contribution in [3.05, 3.63) is 59.1 Å². The maximum atomic E-state index is 11.9. The van der Waals surface area contributed by atoms with Gasteiger partial charge in [0.1, 0.15) is 11.5 Å². The SMILES string of the molecule is COc1ccc(C=CC(=O)Nc2ccc(Cl)cc2)c(OC)c1. The molecule has 0 radical (unpaired) electrons. The number of nitrogens with one attached hydrogen (secondary N) is 1. The van der Waals surface area contributed by atoms with Gasteiger partial charge in [-0.3, -0.25) is 4.79 Å². The van der Waals surface area contributed by atoms with Gasteiger partial charge in [0.25, 0.3) is 0 Å². The van der Waals surface area contributed by atoms with Crippen molar-refractivity contribution >= 4 is 29.3 Å². The lowest BCUT2D eigenvalue weighted by molar-refractivity contribution is -0.111. The average Bonchev–Trinajstić information content (AvgIpc) is 2.55. The smallest absolute Gasteiger partial charge is 0.248 e. The van der Waals surface area contributed by atoms with E-state index in [2.05, 4.69) is 5.32 Å². The summed E-state index contributed by atoms with van der Waals surface area (Å²) in [6, 6.07) is 12.3. The number of ether oxygens (including phenoxy) is 2. The summed E-state index contributed by atoms with van der Waals surface area (Å²) < 4.78 is 10.4. The van der Waals surface area contributed by atoms with Crippen molar-refractivity contribution in [2.45, 2.75) is 0 Å². The maximum absolute atomic E-state index is 11.9. The molecule has 2 rings (SSSR count). The van der Waals surface area contributed by atoms with Crippen molar-refractivity contribution in [1.82, 2.24) is 0 Å². The molecule has 0 saturated carbocycles. The molecule has 4 nitrogen and oxygen atoms in total. The van der Waals surface area contributed by atoms with Crippen LogP contribution in [0.4, 0.5) is 5.69 Å². The molecule has 0 fully saturated rings. The molecule has 22 heavy (non-hydrogen) atoms. The number of hydrogen-bond acceptors (Lipinski definition) is 3. The Morgan fingerprint density at radius 2 is 1.82 bits per heavy atom. The third kappa shape index (κ3) is 4.27. The molecule has 2 aromatic rings. The molecule has 0 unspecified atom stereocenters. The Hall–Kier alpha value is -2.46. The Kier molecular flexibility index (Phi) is 5.44. The fourth-order valence-corrected chi connectivity index (χ4v) is 1.96. The molecule has 0 aliphatic heterocycles. The Balaban J connectivity index is 2.07. The average molecular weight is 318 g/mol. The van der Waals surface area contributed by atoms with Crippen LogP contribution in [0.25, 0.3) is 6.08 Å². The van der Waals surface area contributed by atoms with Gasteiger partial charge < -0.3 is 14.8 Å². The lowest BCUT2D eigenvalue weighted by Gasteiger charge is -2.07. The van der Waals surface area contributed by atoms with Gasteiger partial charge in [-0.1, -0.05) is 11.6 Å². The molecule has 0 heterocycles. The first-order chi connectivity index (χ1) is 10.6. The minimum absolute atomic E-state index is 0.236. The highest BCUT2D eigenvalue weighted by atomic mass is 35.5. The van der Waals surface area contributed by atoms with E-state index in [1.54, 1.807) is 56.7 Å². The molecule has 2 aromatic carbocycles. The summed E-state index contributed by atoms with van der Waals surface area (Å²) in [4.78, 5) is 11.9. The van der Waals surface area contributed by atoms with E-state index in [0.717, 1.165) is 5.56 Å². The number of amides is 1. The van der Waals surface area contributed by atoms with E-state index in [9.17, 15) is 4.79 Å². The molecule has 1 amide bonds. The van der Waals surface area contributed by atoms with E-state index in [1.807, 2.05) is 6.07 Å². The van der Waals surface area contributed by atoms with Crippen molar-refractivity contribution < 1.29 is 14.3 Å². The Morgan fingerprint density at radius 3 is 2.45 bits per heavy atom. The molecule has 0 aliphatic carbocycles. The zero-order valence-electron chi connectivity index (χ0n) is 12.3. The van der Waals surface area contributed by atoms with E-state index in [4.69, 9.17) is 21.1 Å². The van der Waals surface area contributed by atoms with Crippen LogP contribution in [-0.4, -0.2) is 20.1 Å². The van der Waals surface area contributed by atoms with Gasteiger partial charge in [-0.25, -0.2) is 0 Å². The minimum atomic E-state index is -0.236. The molecule has 5 heteroatoms. The first kappa shape index (κ1) is 15.9. The van der Waals surface area contributed by atoms with Crippen molar-refractivity contribution in [1.29, 1.82) is 0 Å². The van der Waals surface area contributed by atoms with E-state index < -0.39 is 0 Å². The van der Waals surface area contributed by atoms with Crippen LogP contribution in [0.2, 0.25) is 5.02 Å². The number of anilines is 1. The van der Waals surface area contributed by atoms with Gasteiger partial charge in [-0.05, 0) is 42.5 Å². The summed E-state index contributed by atoms with van der Waals surface area (Å²) in [5.74, 6) is 1.09. The first-order valence-corrected chi connectivity index (χ1v) is 6.97. The van der Waals surface area contributed by atoms with Crippen LogP contribution in [-0.2, 0) is 4.79 Å². The molecule has 0 saturated heterocycles.